The van der Waals surface area contributed by atoms with Gasteiger partial charge in [-0.25, -0.2) is 0 Å². The highest BCUT2D eigenvalue weighted by atomic mass is 16.7. The van der Waals surface area contributed by atoms with Crippen LogP contribution < -0.4 is 10.2 Å². The molecule has 3 heterocycles. The van der Waals surface area contributed by atoms with Gasteiger partial charge in [-0.3, -0.25) is 4.79 Å². The van der Waals surface area contributed by atoms with Gasteiger partial charge in [0, 0.05) is 11.6 Å². The third kappa shape index (κ3) is 5.49. The van der Waals surface area contributed by atoms with Gasteiger partial charge in [0.2, 0.25) is 23.2 Å². The Morgan fingerprint density at radius 1 is 0.744 bits per heavy atom. The van der Waals surface area contributed by atoms with Crippen LogP contribution in [0.15, 0.2) is 45.6 Å². The monoisotopic (exact) mass is 610 g/mol. The van der Waals surface area contributed by atoms with Gasteiger partial charge in [0.15, 0.2) is 23.5 Å². The Labute approximate surface area is 241 Å². The van der Waals surface area contributed by atoms with Crippen molar-refractivity contribution in [3.05, 3.63) is 46.6 Å². The number of phenols is 2. The van der Waals surface area contributed by atoms with Crippen LogP contribution in [0, 0.1) is 0 Å². The van der Waals surface area contributed by atoms with Gasteiger partial charge in [-0.15, -0.1) is 0 Å². The molecule has 2 aliphatic heterocycles. The van der Waals surface area contributed by atoms with Crippen LogP contribution in [-0.4, -0.2) is 126 Å². The minimum absolute atomic E-state index is 0.226. The molecular formula is C27H30O16. The Bertz CT molecular complexity index is 1490. The summed E-state index contributed by atoms with van der Waals surface area (Å²) in [5.74, 6) is -3.65. The zero-order chi connectivity index (χ0) is 31.2. The summed E-state index contributed by atoms with van der Waals surface area (Å²) in [7, 11) is 0. The molecule has 0 amide bonds. The summed E-state index contributed by atoms with van der Waals surface area (Å²) in [4.78, 5) is 13.0. The predicted octanol–water partition coefficient (Wildman–Crippen LogP) is -2.42. The van der Waals surface area contributed by atoms with E-state index in [0.29, 0.717) is 5.56 Å². The molecule has 0 bridgehead atoms. The van der Waals surface area contributed by atoms with Gasteiger partial charge in [-0.05, 0) is 0 Å². The first-order chi connectivity index (χ1) is 20.5. The van der Waals surface area contributed by atoms with Gasteiger partial charge in [0.05, 0.1) is 13.2 Å². The molecule has 6 unspecified atom stereocenters. The Morgan fingerprint density at radius 2 is 1.37 bits per heavy atom. The summed E-state index contributed by atoms with van der Waals surface area (Å²) in [5.41, 5.74) is -1.06. The fourth-order valence-corrected chi connectivity index (χ4v) is 4.96. The van der Waals surface area contributed by atoms with E-state index in [0.717, 1.165) is 6.07 Å². The molecule has 5 rings (SSSR count). The second-order valence-corrected chi connectivity index (χ2v) is 10.0. The maximum Gasteiger partial charge on any atom is 0.238 e. The topological polar surface area (TPSA) is 269 Å². The lowest BCUT2D eigenvalue weighted by atomic mass is 9.97. The van der Waals surface area contributed by atoms with Crippen molar-refractivity contribution in [1.29, 1.82) is 0 Å². The number of benzene rings is 2. The van der Waals surface area contributed by atoms with Gasteiger partial charge in [-0.1, -0.05) is 30.3 Å². The molecule has 10 atom stereocenters. The number of phenolic OH excluding ortho intramolecular Hbond substituents is 2. The maximum absolute atomic E-state index is 13.0. The first-order valence-corrected chi connectivity index (χ1v) is 13.0. The summed E-state index contributed by atoms with van der Waals surface area (Å²) < 4.78 is 27.2. The number of ether oxygens (including phenoxy) is 4. The normalized spacial score (nSPS) is 33.0. The summed E-state index contributed by atoms with van der Waals surface area (Å²) >= 11 is 0. The third-order valence-electron chi connectivity index (χ3n) is 7.30. The predicted molar refractivity (Wildman–Crippen MR) is 140 cm³/mol. The van der Waals surface area contributed by atoms with E-state index in [1.807, 2.05) is 0 Å². The Balaban J connectivity index is 1.41. The molecule has 234 valence electrons. The molecule has 2 fully saturated rings. The molecule has 0 aliphatic carbocycles. The molecule has 3 aromatic rings. The zero-order valence-corrected chi connectivity index (χ0v) is 22.1. The average molecular weight is 611 g/mol. The lowest BCUT2D eigenvalue weighted by Crippen LogP contribution is -2.65. The van der Waals surface area contributed by atoms with E-state index in [-0.39, 0.29) is 11.3 Å². The van der Waals surface area contributed by atoms with Gasteiger partial charge >= 0.3 is 0 Å². The summed E-state index contributed by atoms with van der Waals surface area (Å²) in [6.07, 6.45) is -17.5. The number of aliphatic hydroxyl groups excluding tert-OH is 7. The minimum Gasteiger partial charge on any atom is -0.504 e. The molecule has 10 N–H and O–H groups in total. The SMILES string of the molecule is O=c1c(O)c(-c2ccccc2)oc2cc(O)c(O[C@@H]3OC(CO)[C@@H](O[C@@H]4OC(CO)[C@H](O)C(O)C4O)C(O)C3O)c(O)c12. The summed E-state index contributed by atoms with van der Waals surface area (Å²) in [5, 5.41) is 102. The van der Waals surface area contributed by atoms with Gasteiger partial charge in [-0.2, -0.15) is 0 Å². The zero-order valence-electron chi connectivity index (χ0n) is 22.1. The van der Waals surface area contributed by atoms with Gasteiger partial charge in [0.25, 0.3) is 0 Å². The van der Waals surface area contributed by atoms with Crippen LogP contribution in [0.1, 0.15) is 0 Å². The van der Waals surface area contributed by atoms with Gasteiger partial charge in [0.1, 0.15) is 59.8 Å². The molecule has 16 nitrogen and oxygen atoms in total. The van der Waals surface area contributed by atoms with Crippen LogP contribution in [0.25, 0.3) is 22.3 Å². The number of hydrogen-bond donors (Lipinski definition) is 10. The highest BCUT2D eigenvalue weighted by molar-refractivity contribution is 5.91. The first kappa shape index (κ1) is 30.9. The average Bonchev–Trinajstić information content (AvgIpc) is 3.00. The number of aliphatic hydroxyl groups is 7. The van der Waals surface area contributed by atoms with E-state index in [1.165, 1.54) is 0 Å². The first-order valence-electron chi connectivity index (χ1n) is 13.0. The molecule has 43 heavy (non-hydrogen) atoms. The van der Waals surface area contributed by atoms with Crippen LogP contribution in [0.3, 0.4) is 0 Å². The fraction of sp³-hybridized carbons (Fsp3) is 0.444. The lowest BCUT2D eigenvalue weighted by molar-refractivity contribution is -0.352. The summed E-state index contributed by atoms with van der Waals surface area (Å²) in [6.45, 7) is -1.64. The molecule has 2 aliphatic rings. The van der Waals surface area contributed by atoms with Crippen LogP contribution in [0.5, 0.6) is 23.0 Å². The second kappa shape index (κ2) is 12.2. The third-order valence-corrected chi connectivity index (χ3v) is 7.30. The van der Waals surface area contributed by atoms with Crippen molar-refractivity contribution in [1.82, 2.24) is 0 Å². The minimum atomic E-state index is -2.02. The van der Waals surface area contributed by atoms with E-state index in [1.54, 1.807) is 30.3 Å². The molecule has 2 aromatic carbocycles. The van der Waals surface area contributed by atoms with Crippen molar-refractivity contribution in [2.24, 2.45) is 0 Å². The number of fused-ring (bicyclic) bond motifs is 1. The molecule has 0 saturated carbocycles. The van der Waals surface area contributed by atoms with Crippen molar-refractivity contribution in [3.8, 4) is 34.3 Å². The van der Waals surface area contributed by atoms with Crippen LogP contribution >= 0.6 is 0 Å². The van der Waals surface area contributed by atoms with Crippen molar-refractivity contribution in [2.45, 2.75) is 61.4 Å². The number of hydrogen-bond acceptors (Lipinski definition) is 16. The smallest absolute Gasteiger partial charge is 0.238 e. The van der Waals surface area contributed by atoms with Gasteiger partial charge < -0.3 is 74.4 Å². The number of rotatable bonds is 7. The van der Waals surface area contributed by atoms with Crippen LogP contribution in [0.4, 0.5) is 0 Å². The van der Waals surface area contributed by atoms with E-state index >= 15 is 0 Å². The van der Waals surface area contributed by atoms with Crippen LogP contribution in [0.2, 0.25) is 0 Å². The van der Waals surface area contributed by atoms with E-state index in [2.05, 4.69) is 0 Å². The molecule has 2 saturated heterocycles. The Morgan fingerprint density at radius 3 is 2.02 bits per heavy atom. The maximum atomic E-state index is 13.0. The lowest BCUT2D eigenvalue weighted by Gasteiger charge is -2.45. The van der Waals surface area contributed by atoms with Crippen molar-refractivity contribution >= 4 is 11.0 Å². The van der Waals surface area contributed by atoms with E-state index in [4.69, 9.17) is 23.4 Å². The van der Waals surface area contributed by atoms with Crippen molar-refractivity contribution in [2.75, 3.05) is 13.2 Å². The molecular weight excluding hydrogens is 580 g/mol. The Hall–Kier alpha value is -3.55. The molecule has 16 heteroatoms. The van der Waals surface area contributed by atoms with Crippen LogP contribution in [-0.2, 0) is 14.2 Å². The second-order valence-electron chi connectivity index (χ2n) is 10.0. The van der Waals surface area contributed by atoms with E-state index in [9.17, 15) is 55.9 Å². The molecule has 1 aromatic heterocycles. The molecule has 0 spiro atoms. The quantitative estimate of drug-likeness (QED) is 0.133. The number of aromatic hydroxyl groups is 3. The fourth-order valence-electron chi connectivity index (χ4n) is 4.96. The van der Waals surface area contributed by atoms with Crippen molar-refractivity contribution in [3.63, 3.8) is 0 Å². The largest absolute Gasteiger partial charge is 0.504 e. The molecule has 0 radical (unpaired) electrons. The Kier molecular flexibility index (Phi) is 8.77. The summed E-state index contributed by atoms with van der Waals surface area (Å²) in [6, 6.07) is 8.99. The van der Waals surface area contributed by atoms with E-state index < -0.39 is 108 Å². The highest BCUT2D eigenvalue weighted by Crippen LogP contribution is 2.44. The standard InChI is InChI=1S/C27H30O16/c28-7-12-15(31)18(34)21(37)26(40-12)43-25-13(8-29)41-27(22(38)20(25)36)42-24-10(30)6-11-14(17(24)33)16(32)19(35)23(39-11)9-4-2-1-3-5-9/h1-6,12-13,15,18,20-22,25-31,33-38H,7-8H2/t12?,13?,15-,18?,20?,21?,22?,25+,26-,27-/m0/s1. The van der Waals surface area contributed by atoms with Crippen molar-refractivity contribution < 1.29 is 74.4 Å². The highest BCUT2D eigenvalue weighted by Gasteiger charge is 2.51.